The standard InChI is InChI=1S/C13H19NO5S/c1-17-13-8-11(20(14,15)16)5-6-12(13)19-9-10-4-2-3-7-18-10/h5-6,8,10H,2-4,7,9H2,1H3,(H2,14,15,16). The number of hydrogen-bond donors (Lipinski definition) is 1. The Morgan fingerprint density at radius 3 is 2.75 bits per heavy atom. The first-order chi connectivity index (χ1) is 9.50. The fourth-order valence-corrected chi connectivity index (χ4v) is 2.59. The molecule has 1 saturated heterocycles. The lowest BCUT2D eigenvalue weighted by Gasteiger charge is -2.23. The summed E-state index contributed by atoms with van der Waals surface area (Å²) in [5.41, 5.74) is 0. The van der Waals surface area contributed by atoms with Crippen molar-refractivity contribution in [2.75, 3.05) is 20.3 Å². The van der Waals surface area contributed by atoms with Crippen molar-refractivity contribution >= 4 is 10.0 Å². The quantitative estimate of drug-likeness (QED) is 0.885. The second-order valence-corrected chi connectivity index (χ2v) is 6.22. The Morgan fingerprint density at radius 1 is 1.35 bits per heavy atom. The predicted octanol–water partition coefficient (Wildman–Crippen LogP) is 1.29. The third kappa shape index (κ3) is 3.84. The molecule has 0 bridgehead atoms. The lowest BCUT2D eigenvalue weighted by Crippen LogP contribution is -2.25. The van der Waals surface area contributed by atoms with Gasteiger partial charge < -0.3 is 14.2 Å². The first-order valence-corrected chi connectivity index (χ1v) is 8.00. The molecule has 1 aliphatic heterocycles. The topological polar surface area (TPSA) is 87.9 Å². The summed E-state index contributed by atoms with van der Waals surface area (Å²) in [4.78, 5) is -0.00406. The second kappa shape index (κ2) is 6.43. The number of primary sulfonamides is 1. The van der Waals surface area contributed by atoms with Crippen molar-refractivity contribution in [3.8, 4) is 11.5 Å². The lowest BCUT2D eigenvalue weighted by atomic mass is 10.1. The highest BCUT2D eigenvalue weighted by atomic mass is 32.2. The molecule has 0 saturated carbocycles. The first-order valence-electron chi connectivity index (χ1n) is 6.46. The summed E-state index contributed by atoms with van der Waals surface area (Å²) in [7, 11) is -2.30. The van der Waals surface area contributed by atoms with E-state index in [1.165, 1.54) is 19.2 Å². The van der Waals surface area contributed by atoms with Crippen molar-refractivity contribution in [3.05, 3.63) is 18.2 Å². The van der Waals surface area contributed by atoms with Gasteiger partial charge in [0.05, 0.1) is 18.1 Å². The van der Waals surface area contributed by atoms with Crippen molar-refractivity contribution in [1.82, 2.24) is 0 Å². The molecule has 1 fully saturated rings. The molecular weight excluding hydrogens is 282 g/mol. The Labute approximate surface area is 118 Å². The molecule has 0 aliphatic carbocycles. The van der Waals surface area contributed by atoms with Crippen LogP contribution in [0.2, 0.25) is 0 Å². The zero-order valence-corrected chi connectivity index (χ0v) is 12.2. The van der Waals surface area contributed by atoms with Crippen molar-refractivity contribution in [2.24, 2.45) is 5.14 Å². The molecule has 20 heavy (non-hydrogen) atoms. The van der Waals surface area contributed by atoms with Crippen LogP contribution < -0.4 is 14.6 Å². The Bertz CT molecular complexity index is 552. The van der Waals surface area contributed by atoms with Crippen molar-refractivity contribution in [2.45, 2.75) is 30.3 Å². The Kier molecular flexibility index (Phi) is 4.85. The first kappa shape index (κ1) is 15.1. The highest BCUT2D eigenvalue weighted by molar-refractivity contribution is 7.89. The fourth-order valence-electron chi connectivity index (χ4n) is 2.07. The maximum absolute atomic E-state index is 11.3. The van der Waals surface area contributed by atoms with Crippen LogP contribution in [0, 0.1) is 0 Å². The van der Waals surface area contributed by atoms with Gasteiger partial charge in [-0.1, -0.05) is 0 Å². The van der Waals surface area contributed by atoms with Crippen LogP contribution in [0.25, 0.3) is 0 Å². The smallest absolute Gasteiger partial charge is 0.238 e. The average Bonchev–Trinajstić information content (AvgIpc) is 2.45. The van der Waals surface area contributed by atoms with Crippen LogP contribution >= 0.6 is 0 Å². The molecule has 1 aromatic rings. The number of sulfonamides is 1. The van der Waals surface area contributed by atoms with Crippen LogP contribution in [0.5, 0.6) is 11.5 Å². The Morgan fingerprint density at radius 2 is 2.15 bits per heavy atom. The zero-order valence-electron chi connectivity index (χ0n) is 11.4. The largest absolute Gasteiger partial charge is 0.493 e. The number of nitrogens with two attached hydrogens (primary N) is 1. The van der Waals surface area contributed by atoms with Crippen LogP contribution in [0.1, 0.15) is 19.3 Å². The maximum atomic E-state index is 11.3. The van der Waals surface area contributed by atoms with E-state index in [9.17, 15) is 8.42 Å². The third-order valence-electron chi connectivity index (χ3n) is 3.16. The lowest BCUT2D eigenvalue weighted by molar-refractivity contribution is -0.0115. The van der Waals surface area contributed by atoms with Crippen molar-refractivity contribution < 1.29 is 22.6 Å². The molecule has 6 nitrogen and oxygen atoms in total. The van der Waals surface area contributed by atoms with E-state index in [0.29, 0.717) is 18.1 Å². The monoisotopic (exact) mass is 301 g/mol. The van der Waals surface area contributed by atoms with E-state index in [2.05, 4.69) is 0 Å². The van der Waals surface area contributed by atoms with Crippen molar-refractivity contribution in [1.29, 1.82) is 0 Å². The molecule has 2 rings (SSSR count). The van der Waals surface area contributed by atoms with E-state index in [-0.39, 0.29) is 11.0 Å². The van der Waals surface area contributed by atoms with Crippen LogP contribution in [0.4, 0.5) is 0 Å². The van der Waals surface area contributed by atoms with E-state index in [0.717, 1.165) is 25.9 Å². The highest BCUT2D eigenvalue weighted by Gasteiger charge is 2.17. The highest BCUT2D eigenvalue weighted by Crippen LogP contribution is 2.30. The minimum Gasteiger partial charge on any atom is -0.493 e. The van der Waals surface area contributed by atoms with Crippen LogP contribution in [-0.2, 0) is 14.8 Å². The summed E-state index contributed by atoms with van der Waals surface area (Å²) in [6.45, 7) is 1.18. The molecule has 0 radical (unpaired) electrons. The van der Waals surface area contributed by atoms with Gasteiger partial charge in [-0.25, -0.2) is 13.6 Å². The molecule has 1 unspecified atom stereocenters. The molecule has 112 valence electrons. The van der Waals surface area contributed by atoms with Gasteiger partial charge in [-0.15, -0.1) is 0 Å². The third-order valence-corrected chi connectivity index (χ3v) is 4.07. The van der Waals surface area contributed by atoms with E-state index < -0.39 is 10.0 Å². The van der Waals surface area contributed by atoms with Crippen LogP contribution in [0.3, 0.4) is 0 Å². The molecule has 1 atom stereocenters. The molecule has 0 aromatic heterocycles. The second-order valence-electron chi connectivity index (χ2n) is 4.66. The molecule has 0 amide bonds. The SMILES string of the molecule is COc1cc(S(N)(=O)=O)ccc1OCC1CCCCO1. The molecule has 0 spiro atoms. The number of methoxy groups -OCH3 is 1. The van der Waals surface area contributed by atoms with Gasteiger partial charge in [-0.2, -0.15) is 0 Å². The van der Waals surface area contributed by atoms with Gasteiger partial charge in [0, 0.05) is 12.7 Å². The van der Waals surface area contributed by atoms with E-state index in [1.54, 1.807) is 6.07 Å². The summed E-state index contributed by atoms with van der Waals surface area (Å²) in [5, 5.41) is 5.08. The van der Waals surface area contributed by atoms with Gasteiger partial charge >= 0.3 is 0 Å². The summed E-state index contributed by atoms with van der Waals surface area (Å²) >= 11 is 0. The number of hydrogen-bond acceptors (Lipinski definition) is 5. The minimum absolute atomic E-state index is 0.00406. The van der Waals surface area contributed by atoms with E-state index in [4.69, 9.17) is 19.3 Å². The summed E-state index contributed by atoms with van der Waals surface area (Å²) in [5.74, 6) is 0.821. The zero-order chi connectivity index (χ0) is 14.6. The van der Waals surface area contributed by atoms with Gasteiger partial charge in [0.15, 0.2) is 11.5 Å². The summed E-state index contributed by atoms with van der Waals surface area (Å²) in [6, 6.07) is 4.29. The summed E-state index contributed by atoms with van der Waals surface area (Å²) < 4.78 is 38.9. The van der Waals surface area contributed by atoms with Crippen LogP contribution in [0.15, 0.2) is 23.1 Å². The van der Waals surface area contributed by atoms with Gasteiger partial charge in [-0.3, -0.25) is 0 Å². The van der Waals surface area contributed by atoms with Gasteiger partial charge in [0.25, 0.3) is 0 Å². The number of rotatable bonds is 5. The normalized spacial score (nSPS) is 19.6. The molecule has 7 heteroatoms. The maximum Gasteiger partial charge on any atom is 0.238 e. The van der Waals surface area contributed by atoms with E-state index >= 15 is 0 Å². The van der Waals surface area contributed by atoms with E-state index in [1.807, 2.05) is 0 Å². The molecule has 1 aromatic carbocycles. The fraction of sp³-hybridized carbons (Fsp3) is 0.538. The van der Waals surface area contributed by atoms with Gasteiger partial charge in [0.1, 0.15) is 6.61 Å². The van der Waals surface area contributed by atoms with Gasteiger partial charge in [-0.05, 0) is 31.4 Å². The Hall–Kier alpha value is -1.31. The molecular formula is C13H19NO5S. The number of benzene rings is 1. The average molecular weight is 301 g/mol. The predicted molar refractivity (Wildman–Crippen MR) is 73.5 cm³/mol. The molecule has 1 aliphatic rings. The van der Waals surface area contributed by atoms with Crippen LogP contribution in [-0.4, -0.2) is 34.8 Å². The molecule has 2 N–H and O–H groups in total. The summed E-state index contributed by atoms with van der Waals surface area (Å²) in [6.07, 6.45) is 3.27. The van der Waals surface area contributed by atoms with Crippen molar-refractivity contribution in [3.63, 3.8) is 0 Å². The number of ether oxygens (including phenoxy) is 3. The molecule has 1 heterocycles. The van der Waals surface area contributed by atoms with Gasteiger partial charge in [0.2, 0.25) is 10.0 Å². The minimum atomic E-state index is -3.75. The Balaban J connectivity index is 2.07.